The summed E-state index contributed by atoms with van der Waals surface area (Å²) < 4.78 is 5.47. The maximum atomic E-state index is 5.60. The highest BCUT2D eigenvalue weighted by Gasteiger charge is 2.19. The number of nitrogens with one attached hydrogen (secondary N) is 2. The first-order chi connectivity index (χ1) is 13.1. The van der Waals surface area contributed by atoms with Crippen molar-refractivity contribution in [3.05, 3.63) is 65.7 Å². The van der Waals surface area contributed by atoms with E-state index in [1.807, 2.05) is 6.07 Å². The Hall–Kier alpha value is -1.95. The number of nitrogens with zero attached hydrogens (tertiary/aromatic N) is 1. The van der Waals surface area contributed by atoms with E-state index in [2.05, 4.69) is 77.9 Å². The number of anilines is 1. The molecule has 4 nitrogen and oxygen atoms in total. The van der Waals surface area contributed by atoms with Gasteiger partial charge in [0.2, 0.25) is 0 Å². The van der Waals surface area contributed by atoms with Crippen LogP contribution in [0.2, 0.25) is 0 Å². The summed E-state index contributed by atoms with van der Waals surface area (Å²) in [6.45, 7) is 8.82. The van der Waals surface area contributed by atoms with Crippen molar-refractivity contribution in [1.29, 1.82) is 0 Å². The Kier molecular flexibility index (Phi) is 7.21. The summed E-state index contributed by atoms with van der Waals surface area (Å²) in [5, 5.41) is 7.47. The average Bonchev–Trinajstić information content (AvgIpc) is 2.69. The van der Waals surface area contributed by atoms with Crippen LogP contribution in [-0.4, -0.2) is 42.9 Å². The van der Waals surface area contributed by atoms with Crippen LogP contribution >= 0.6 is 12.2 Å². The minimum absolute atomic E-state index is 0.138. The molecule has 2 N–H and O–H groups in total. The highest BCUT2D eigenvalue weighted by Crippen LogP contribution is 2.18. The van der Waals surface area contributed by atoms with E-state index < -0.39 is 0 Å². The fraction of sp³-hybridized carbons (Fsp3) is 0.409. The SMILES string of the molecule is CC(C)c1ccc(NC(=S)N[C@@H](CN2CCOCC2)c2ccccc2)cc1. The molecule has 1 atom stereocenters. The first-order valence-electron chi connectivity index (χ1n) is 9.64. The van der Waals surface area contributed by atoms with Gasteiger partial charge in [0.05, 0.1) is 19.3 Å². The van der Waals surface area contributed by atoms with Gasteiger partial charge in [-0.3, -0.25) is 4.90 Å². The molecule has 1 fully saturated rings. The zero-order valence-electron chi connectivity index (χ0n) is 16.2. The third kappa shape index (κ3) is 6.03. The molecule has 0 aliphatic carbocycles. The van der Waals surface area contributed by atoms with E-state index in [1.165, 1.54) is 11.1 Å². The van der Waals surface area contributed by atoms with Crippen molar-refractivity contribution in [1.82, 2.24) is 10.2 Å². The van der Waals surface area contributed by atoms with Gasteiger partial charge in [-0.05, 0) is 41.4 Å². The van der Waals surface area contributed by atoms with Gasteiger partial charge in [-0.25, -0.2) is 0 Å². The van der Waals surface area contributed by atoms with Crippen molar-refractivity contribution in [2.75, 3.05) is 38.2 Å². The highest BCUT2D eigenvalue weighted by atomic mass is 32.1. The fourth-order valence-electron chi connectivity index (χ4n) is 3.24. The molecule has 2 aromatic carbocycles. The molecular weight excluding hydrogens is 354 g/mol. The predicted octanol–water partition coefficient (Wildman–Crippen LogP) is 4.17. The smallest absolute Gasteiger partial charge is 0.171 e. The summed E-state index contributed by atoms with van der Waals surface area (Å²) in [4.78, 5) is 2.42. The van der Waals surface area contributed by atoms with Gasteiger partial charge in [-0.1, -0.05) is 56.3 Å². The second-order valence-electron chi connectivity index (χ2n) is 7.25. The molecule has 1 aliphatic rings. The molecule has 1 aliphatic heterocycles. The van der Waals surface area contributed by atoms with E-state index in [0.717, 1.165) is 38.5 Å². The van der Waals surface area contributed by atoms with E-state index in [4.69, 9.17) is 17.0 Å². The average molecular weight is 384 g/mol. The lowest BCUT2D eigenvalue weighted by molar-refractivity contribution is 0.0344. The molecule has 27 heavy (non-hydrogen) atoms. The second-order valence-corrected chi connectivity index (χ2v) is 7.66. The van der Waals surface area contributed by atoms with Gasteiger partial charge >= 0.3 is 0 Å². The highest BCUT2D eigenvalue weighted by molar-refractivity contribution is 7.80. The Morgan fingerprint density at radius 2 is 1.67 bits per heavy atom. The van der Waals surface area contributed by atoms with Crippen LogP contribution in [0, 0.1) is 0 Å². The van der Waals surface area contributed by atoms with Gasteiger partial charge in [-0.15, -0.1) is 0 Å². The van der Waals surface area contributed by atoms with Crippen LogP contribution in [-0.2, 0) is 4.74 Å². The van der Waals surface area contributed by atoms with Crippen LogP contribution in [0.25, 0.3) is 0 Å². The number of rotatable bonds is 6. The number of thiocarbonyl (C=S) groups is 1. The van der Waals surface area contributed by atoms with Crippen LogP contribution in [0.5, 0.6) is 0 Å². The van der Waals surface area contributed by atoms with Crippen molar-refractivity contribution in [3.8, 4) is 0 Å². The molecule has 0 radical (unpaired) electrons. The molecule has 0 saturated carbocycles. The minimum Gasteiger partial charge on any atom is -0.379 e. The Balaban J connectivity index is 1.64. The lowest BCUT2D eigenvalue weighted by Crippen LogP contribution is -2.44. The van der Waals surface area contributed by atoms with Gasteiger partial charge < -0.3 is 15.4 Å². The number of ether oxygens (including phenoxy) is 1. The Labute approximate surface area is 167 Å². The summed E-state index contributed by atoms with van der Waals surface area (Å²) in [5.41, 5.74) is 3.58. The van der Waals surface area contributed by atoms with Crippen LogP contribution in [0.3, 0.4) is 0 Å². The maximum Gasteiger partial charge on any atom is 0.171 e. The van der Waals surface area contributed by atoms with Gasteiger partial charge in [0, 0.05) is 25.3 Å². The number of morpholine rings is 1. The van der Waals surface area contributed by atoms with E-state index >= 15 is 0 Å². The van der Waals surface area contributed by atoms with Crippen LogP contribution < -0.4 is 10.6 Å². The van der Waals surface area contributed by atoms with E-state index in [9.17, 15) is 0 Å². The molecule has 1 heterocycles. The van der Waals surface area contributed by atoms with Crippen molar-refractivity contribution in [2.24, 2.45) is 0 Å². The molecule has 1 saturated heterocycles. The lowest BCUT2D eigenvalue weighted by Gasteiger charge is -2.31. The third-order valence-corrected chi connectivity index (χ3v) is 5.11. The first kappa shape index (κ1) is 19.8. The summed E-state index contributed by atoms with van der Waals surface area (Å²) in [5.74, 6) is 0.528. The number of hydrogen-bond acceptors (Lipinski definition) is 3. The maximum absolute atomic E-state index is 5.60. The molecule has 0 unspecified atom stereocenters. The van der Waals surface area contributed by atoms with Gasteiger partial charge in [0.1, 0.15) is 0 Å². The monoisotopic (exact) mass is 383 g/mol. The van der Waals surface area contributed by atoms with Crippen molar-refractivity contribution in [2.45, 2.75) is 25.8 Å². The summed E-state index contributed by atoms with van der Waals surface area (Å²) in [7, 11) is 0. The Morgan fingerprint density at radius 1 is 1.00 bits per heavy atom. The van der Waals surface area contributed by atoms with Gasteiger partial charge in [-0.2, -0.15) is 0 Å². The quantitative estimate of drug-likeness (QED) is 0.732. The molecule has 0 aromatic heterocycles. The van der Waals surface area contributed by atoms with E-state index in [-0.39, 0.29) is 6.04 Å². The third-order valence-electron chi connectivity index (χ3n) is 4.89. The van der Waals surface area contributed by atoms with Gasteiger partial charge in [0.15, 0.2) is 5.11 Å². The topological polar surface area (TPSA) is 36.5 Å². The molecule has 0 spiro atoms. The number of benzene rings is 2. The normalized spacial score (nSPS) is 16.1. The lowest BCUT2D eigenvalue weighted by atomic mass is 10.0. The molecule has 0 bridgehead atoms. The summed E-state index contributed by atoms with van der Waals surface area (Å²) in [6, 6.07) is 19.1. The largest absolute Gasteiger partial charge is 0.379 e. The standard InChI is InChI=1S/C22H29N3OS/c1-17(2)18-8-10-20(11-9-18)23-22(27)24-21(19-6-4-3-5-7-19)16-25-12-14-26-15-13-25/h3-11,17,21H,12-16H2,1-2H3,(H2,23,24,27)/t21-/m0/s1. The molecular formula is C22H29N3OS. The molecule has 0 amide bonds. The molecule has 3 rings (SSSR count). The summed E-state index contributed by atoms with van der Waals surface area (Å²) in [6.07, 6.45) is 0. The number of hydrogen-bond donors (Lipinski definition) is 2. The van der Waals surface area contributed by atoms with Crippen LogP contribution in [0.15, 0.2) is 54.6 Å². The van der Waals surface area contributed by atoms with Crippen molar-refractivity contribution in [3.63, 3.8) is 0 Å². The van der Waals surface area contributed by atoms with E-state index in [1.54, 1.807) is 0 Å². The second kappa shape index (κ2) is 9.83. The predicted molar refractivity (Wildman–Crippen MR) is 116 cm³/mol. The Morgan fingerprint density at radius 3 is 2.30 bits per heavy atom. The minimum atomic E-state index is 0.138. The molecule has 5 heteroatoms. The first-order valence-corrected chi connectivity index (χ1v) is 10.0. The molecule has 2 aromatic rings. The van der Waals surface area contributed by atoms with Crippen molar-refractivity contribution >= 4 is 23.0 Å². The summed E-state index contributed by atoms with van der Waals surface area (Å²) >= 11 is 5.60. The van der Waals surface area contributed by atoms with Crippen molar-refractivity contribution < 1.29 is 4.74 Å². The Bertz CT molecular complexity index is 712. The van der Waals surface area contributed by atoms with Gasteiger partial charge in [0.25, 0.3) is 0 Å². The molecule has 144 valence electrons. The zero-order valence-corrected chi connectivity index (χ0v) is 17.0. The van der Waals surface area contributed by atoms with Crippen LogP contribution in [0.1, 0.15) is 36.9 Å². The van der Waals surface area contributed by atoms with E-state index in [0.29, 0.717) is 11.0 Å². The fourth-order valence-corrected chi connectivity index (χ4v) is 3.50. The van der Waals surface area contributed by atoms with Crippen LogP contribution in [0.4, 0.5) is 5.69 Å². The zero-order chi connectivity index (χ0) is 19.1.